The van der Waals surface area contributed by atoms with Crippen LogP contribution in [0, 0.1) is 19.8 Å². The van der Waals surface area contributed by atoms with Crippen molar-refractivity contribution in [2.24, 2.45) is 5.92 Å². The second kappa shape index (κ2) is 15.0. The Balaban J connectivity index is 1.43. The number of sulfonamides is 1. The number of carboxylic acid groups (broad SMARTS) is 1. The summed E-state index contributed by atoms with van der Waals surface area (Å²) < 4.78 is 35.4. The van der Waals surface area contributed by atoms with Crippen LogP contribution in [0.4, 0.5) is 5.95 Å². The monoisotopic (exact) mass is 664 g/mol. The highest BCUT2D eigenvalue weighted by Gasteiger charge is 2.23. The van der Waals surface area contributed by atoms with Crippen molar-refractivity contribution in [2.75, 3.05) is 11.3 Å². The van der Waals surface area contributed by atoms with Crippen LogP contribution in [0.3, 0.4) is 0 Å². The molecule has 0 saturated heterocycles. The van der Waals surface area contributed by atoms with E-state index in [0.717, 1.165) is 42.0 Å². The molecule has 5 rings (SSSR count). The summed E-state index contributed by atoms with van der Waals surface area (Å²) in [6.45, 7) is 4.62. The maximum atomic E-state index is 13.3. The number of carboxylic acids is 1. The summed E-state index contributed by atoms with van der Waals surface area (Å²) in [6, 6.07) is 12.6. The first-order valence-electron chi connectivity index (χ1n) is 15.2. The number of benzene rings is 2. The van der Waals surface area contributed by atoms with Crippen LogP contribution in [0.2, 0.25) is 5.15 Å². The highest BCUT2D eigenvalue weighted by atomic mass is 35.5. The molecule has 0 unspecified atom stereocenters. The van der Waals surface area contributed by atoms with Crippen LogP contribution in [0.1, 0.15) is 65.7 Å². The quantitative estimate of drug-likeness (QED) is 0.150. The number of rotatable bonds is 13. The fourth-order valence-corrected chi connectivity index (χ4v) is 6.96. The number of hydrogen-bond donors (Lipinski definition) is 3. The Kier molecular flexibility index (Phi) is 10.8. The third-order valence-electron chi connectivity index (χ3n) is 8.06. The Morgan fingerprint density at radius 2 is 1.76 bits per heavy atom. The summed E-state index contributed by atoms with van der Waals surface area (Å²) in [5, 5.41) is 13.2. The van der Waals surface area contributed by atoms with Gasteiger partial charge in [-0.2, -0.15) is 4.98 Å². The van der Waals surface area contributed by atoms with Crippen molar-refractivity contribution >= 4 is 33.5 Å². The van der Waals surface area contributed by atoms with E-state index in [9.17, 15) is 18.3 Å². The highest BCUT2D eigenvalue weighted by Crippen LogP contribution is 2.31. The molecule has 0 bridgehead atoms. The van der Waals surface area contributed by atoms with Gasteiger partial charge in [-0.3, -0.25) is 4.98 Å². The van der Waals surface area contributed by atoms with E-state index in [4.69, 9.17) is 16.3 Å². The number of nitrogens with zero attached hydrogens (tertiary/aromatic N) is 4. The second-order valence-electron chi connectivity index (χ2n) is 11.6. The molecular weight excluding hydrogens is 628 g/mol. The molecule has 2 aromatic carbocycles. The molecule has 4 aromatic rings. The van der Waals surface area contributed by atoms with Gasteiger partial charge < -0.3 is 15.2 Å². The minimum absolute atomic E-state index is 0.0543. The Morgan fingerprint density at radius 1 is 1.02 bits per heavy atom. The van der Waals surface area contributed by atoms with E-state index < -0.39 is 16.0 Å². The standard InChI is InChI=1S/C33H37ClN6O5S/c1-21-8-6-9-22(2)31(21)28-16-30(39-33(38-28)40-46(43,44)27-13-7-12-24(15-27)32(41)42)45-20-25(14-23-10-4-3-5-11-23)36-18-26-17-35-19-29(34)37-26/h6-9,12-13,15-17,19,23,25,36H,3-5,10-11,14,18,20H2,1-2H3,(H,41,42)(H,38,39,40)/t25-/m1/s1. The lowest BCUT2D eigenvalue weighted by atomic mass is 9.85. The lowest BCUT2D eigenvalue weighted by molar-refractivity contribution is 0.0696. The van der Waals surface area contributed by atoms with Crippen LogP contribution in [-0.4, -0.2) is 52.1 Å². The van der Waals surface area contributed by atoms with E-state index >= 15 is 0 Å². The average Bonchev–Trinajstić information content (AvgIpc) is 3.02. The molecule has 0 spiro atoms. The van der Waals surface area contributed by atoms with E-state index in [1.165, 1.54) is 43.7 Å². The molecular formula is C33H37ClN6O5S. The molecule has 0 aliphatic heterocycles. The molecule has 1 fully saturated rings. The molecule has 11 nitrogen and oxygen atoms in total. The largest absolute Gasteiger partial charge is 0.478 e. The van der Waals surface area contributed by atoms with Gasteiger partial charge in [0.15, 0.2) is 0 Å². The molecule has 1 atom stereocenters. The maximum Gasteiger partial charge on any atom is 0.335 e. The Morgan fingerprint density at radius 3 is 2.48 bits per heavy atom. The molecule has 2 aromatic heterocycles. The van der Waals surface area contributed by atoms with Crippen LogP contribution in [0.5, 0.6) is 5.88 Å². The van der Waals surface area contributed by atoms with E-state index in [0.29, 0.717) is 29.0 Å². The predicted octanol–water partition coefficient (Wildman–Crippen LogP) is 6.21. The third-order valence-corrected chi connectivity index (χ3v) is 9.57. The van der Waals surface area contributed by atoms with Crippen molar-refractivity contribution in [2.45, 2.75) is 69.9 Å². The molecule has 0 amide bonds. The number of aromatic carboxylic acids is 1. The Labute approximate surface area is 273 Å². The normalized spacial score (nSPS) is 14.5. The molecule has 46 heavy (non-hydrogen) atoms. The highest BCUT2D eigenvalue weighted by molar-refractivity contribution is 7.92. The number of anilines is 1. The first-order chi connectivity index (χ1) is 22.1. The van der Waals surface area contributed by atoms with Gasteiger partial charge >= 0.3 is 5.97 Å². The van der Waals surface area contributed by atoms with Crippen molar-refractivity contribution in [1.82, 2.24) is 25.3 Å². The van der Waals surface area contributed by atoms with Gasteiger partial charge in [0.2, 0.25) is 11.8 Å². The molecule has 1 saturated carbocycles. The molecule has 1 aliphatic rings. The first-order valence-corrected chi connectivity index (χ1v) is 17.1. The third kappa shape index (κ3) is 8.77. The summed E-state index contributed by atoms with van der Waals surface area (Å²) in [6.07, 6.45) is 10.0. The summed E-state index contributed by atoms with van der Waals surface area (Å²) in [5.41, 5.74) is 3.78. The summed E-state index contributed by atoms with van der Waals surface area (Å²) in [5.74, 6) is -0.677. The van der Waals surface area contributed by atoms with Crippen molar-refractivity contribution in [3.05, 3.63) is 88.5 Å². The van der Waals surface area contributed by atoms with E-state index in [1.54, 1.807) is 12.3 Å². The van der Waals surface area contributed by atoms with Gasteiger partial charge in [0, 0.05) is 30.4 Å². The van der Waals surface area contributed by atoms with Gasteiger partial charge in [-0.15, -0.1) is 0 Å². The molecule has 242 valence electrons. The predicted molar refractivity (Wildman–Crippen MR) is 176 cm³/mol. The number of aryl methyl sites for hydroxylation is 2. The zero-order valence-corrected chi connectivity index (χ0v) is 27.3. The number of carbonyl (C=O) groups is 1. The summed E-state index contributed by atoms with van der Waals surface area (Å²) in [7, 11) is -4.23. The first kappa shape index (κ1) is 33.2. The zero-order chi connectivity index (χ0) is 32.7. The van der Waals surface area contributed by atoms with E-state index in [-0.39, 0.29) is 34.9 Å². The van der Waals surface area contributed by atoms with Gasteiger partial charge in [-0.1, -0.05) is 68.0 Å². The fourth-order valence-electron chi connectivity index (χ4n) is 5.80. The SMILES string of the molecule is Cc1cccc(C)c1-c1cc(OC[C@@H](CC2CCCCC2)NCc2cncc(Cl)n2)nc(NS(=O)(=O)c2cccc(C(=O)O)c2)n1. The zero-order valence-electron chi connectivity index (χ0n) is 25.7. The molecule has 1 aliphatic carbocycles. The van der Waals surface area contributed by atoms with Gasteiger partial charge in [-0.05, 0) is 55.5 Å². The topological polar surface area (TPSA) is 156 Å². The van der Waals surface area contributed by atoms with Gasteiger partial charge in [-0.25, -0.2) is 27.9 Å². The molecule has 3 N–H and O–H groups in total. The molecule has 2 heterocycles. The molecule has 13 heteroatoms. The van der Waals surface area contributed by atoms with Crippen LogP contribution < -0.4 is 14.8 Å². The number of nitrogens with one attached hydrogen (secondary N) is 2. The molecule has 0 radical (unpaired) electrons. The van der Waals surface area contributed by atoms with Crippen LogP contribution in [0.15, 0.2) is 65.8 Å². The second-order valence-corrected chi connectivity index (χ2v) is 13.7. The minimum Gasteiger partial charge on any atom is -0.478 e. The maximum absolute atomic E-state index is 13.3. The van der Waals surface area contributed by atoms with Crippen molar-refractivity contribution in [3.8, 4) is 17.1 Å². The minimum atomic E-state index is -4.23. The van der Waals surface area contributed by atoms with Crippen molar-refractivity contribution in [1.29, 1.82) is 0 Å². The Hall–Kier alpha value is -4.13. The number of aromatic nitrogens is 4. The number of hydrogen-bond acceptors (Lipinski definition) is 9. The number of ether oxygens (including phenoxy) is 1. The van der Waals surface area contributed by atoms with E-state index in [2.05, 4.69) is 30.0 Å². The van der Waals surface area contributed by atoms with Crippen molar-refractivity contribution in [3.63, 3.8) is 0 Å². The van der Waals surface area contributed by atoms with E-state index in [1.807, 2.05) is 32.0 Å². The average molecular weight is 665 g/mol. The smallest absolute Gasteiger partial charge is 0.335 e. The fraction of sp³-hybridized carbons (Fsp3) is 0.364. The van der Waals surface area contributed by atoms with Crippen LogP contribution in [0.25, 0.3) is 11.3 Å². The van der Waals surface area contributed by atoms with Gasteiger partial charge in [0.25, 0.3) is 10.0 Å². The summed E-state index contributed by atoms with van der Waals surface area (Å²) >= 11 is 6.05. The van der Waals surface area contributed by atoms with Crippen molar-refractivity contribution < 1.29 is 23.1 Å². The van der Waals surface area contributed by atoms with Gasteiger partial charge in [0.05, 0.1) is 28.0 Å². The lowest BCUT2D eigenvalue weighted by Gasteiger charge is -2.27. The van der Waals surface area contributed by atoms with Crippen LogP contribution in [-0.2, 0) is 16.6 Å². The van der Waals surface area contributed by atoms with Gasteiger partial charge in [0.1, 0.15) is 11.8 Å². The number of halogens is 1. The Bertz CT molecular complexity index is 1780. The lowest BCUT2D eigenvalue weighted by Crippen LogP contribution is -2.37. The summed E-state index contributed by atoms with van der Waals surface area (Å²) in [4.78, 5) is 28.7. The van der Waals surface area contributed by atoms with Crippen LogP contribution >= 0.6 is 11.6 Å².